The highest BCUT2D eigenvalue weighted by Gasteiger charge is 2.24. The van der Waals surface area contributed by atoms with Crippen molar-refractivity contribution in [2.24, 2.45) is 11.8 Å². The van der Waals surface area contributed by atoms with Crippen LogP contribution in [0.5, 0.6) is 0 Å². The summed E-state index contributed by atoms with van der Waals surface area (Å²) in [6.45, 7) is 0. The molecule has 4 rings (SSSR count). The molecule has 2 aliphatic rings. The summed E-state index contributed by atoms with van der Waals surface area (Å²) < 4.78 is 39.6. The first-order chi connectivity index (χ1) is 14.6. The van der Waals surface area contributed by atoms with Gasteiger partial charge in [0.25, 0.3) is 0 Å². The second kappa shape index (κ2) is 9.73. The average Bonchev–Trinajstić information content (AvgIpc) is 3.29. The summed E-state index contributed by atoms with van der Waals surface area (Å²) in [5.74, 6) is 4.26. The van der Waals surface area contributed by atoms with E-state index in [0.717, 1.165) is 29.5 Å². The van der Waals surface area contributed by atoms with E-state index in [9.17, 15) is 13.2 Å². The van der Waals surface area contributed by atoms with Gasteiger partial charge in [-0.1, -0.05) is 62.5 Å². The highest BCUT2D eigenvalue weighted by Crippen LogP contribution is 2.39. The summed E-state index contributed by atoms with van der Waals surface area (Å²) in [4.78, 5) is 0. The van der Waals surface area contributed by atoms with E-state index in [1.54, 1.807) is 0 Å². The van der Waals surface area contributed by atoms with Crippen molar-refractivity contribution in [1.82, 2.24) is 0 Å². The van der Waals surface area contributed by atoms with Gasteiger partial charge in [0.1, 0.15) is 0 Å². The molecule has 158 valence electrons. The molecule has 0 atom stereocenters. The Morgan fingerprint density at radius 1 is 0.667 bits per heavy atom. The van der Waals surface area contributed by atoms with Crippen LogP contribution in [0.1, 0.15) is 86.8 Å². The van der Waals surface area contributed by atoms with E-state index in [1.165, 1.54) is 69.8 Å². The topological polar surface area (TPSA) is 0 Å². The molecule has 0 aliphatic heterocycles. The molecule has 0 nitrogen and oxygen atoms in total. The number of hydrogen-bond donors (Lipinski definition) is 0. The molecule has 2 aromatic carbocycles. The molecule has 0 bridgehead atoms. The Bertz CT molecular complexity index is 882. The van der Waals surface area contributed by atoms with Gasteiger partial charge in [0.15, 0.2) is 17.5 Å². The quantitative estimate of drug-likeness (QED) is 0.357. The van der Waals surface area contributed by atoms with Crippen LogP contribution < -0.4 is 0 Å². The van der Waals surface area contributed by atoms with Crippen LogP contribution in [0, 0.1) is 41.1 Å². The molecule has 30 heavy (non-hydrogen) atoms. The van der Waals surface area contributed by atoms with Crippen molar-refractivity contribution in [1.29, 1.82) is 0 Å². The molecule has 0 heterocycles. The fraction of sp³-hybridized carbons (Fsp3) is 0.481. The van der Waals surface area contributed by atoms with Gasteiger partial charge < -0.3 is 0 Å². The lowest BCUT2D eigenvalue weighted by atomic mass is 9.76. The molecule has 3 heteroatoms. The van der Waals surface area contributed by atoms with Gasteiger partial charge in [-0.25, -0.2) is 13.2 Å². The molecule has 2 aliphatic carbocycles. The van der Waals surface area contributed by atoms with Crippen LogP contribution in [0.25, 0.3) is 0 Å². The number of benzene rings is 2. The first-order valence-electron chi connectivity index (χ1n) is 11.3. The van der Waals surface area contributed by atoms with Crippen LogP contribution in [0.15, 0.2) is 36.4 Å². The van der Waals surface area contributed by atoms with Crippen molar-refractivity contribution < 1.29 is 13.2 Å². The first-order valence-corrected chi connectivity index (χ1v) is 11.3. The second-order valence-corrected chi connectivity index (χ2v) is 9.07. The molecule has 0 radical (unpaired) electrons. The largest absolute Gasteiger partial charge is 0.204 e. The van der Waals surface area contributed by atoms with Gasteiger partial charge in [-0.3, -0.25) is 0 Å². The summed E-state index contributed by atoms with van der Waals surface area (Å²) in [6.07, 6.45) is 13.8. The lowest BCUT2D eigenvalue weighted by Gasteiger charge is -2.29. The van der Waals surface area contributed by atoms with Gasteiger partial charge in [0.2, 0.25) is 0 Å². The van der Waals surface area contributed by atoms with E-state index in [0.29, 0.717) is 5.92 Å². The lowest BCUT2D eigenvalue weighted by Crippen LogP contribution is -2.14. The van der Waals surface area contributed by atoms with Crippen molar-refractivity contribution in [3.05, 3.63) is 70.5 Å². The zero-order valence-electron chi connectivity index (χ0n) is 17.4. The first kappa shape index (κ1) is 21.0. The van der Waals surface area contributed by atoms with Crippen LogP contribution in [-0.4, -0.2) is 0 Å². The molecule has 2 aromatic rings. The molecule has 0 amide bonds. The molecule has 2 fully saturated rings. The van der Waals surface area contributed by atoms with Crippen LogP contribution >= 0.6 is 0 Å². The van der Waals surface area contributed by atoms with Gasteiger partial charge in [-0.05, 0) is 73.3 Å². The predicted octanol–water partition coefficient (Wildman–Crippen LogP) is 7.75. The minimum atomic E-state index is -1.46. The van der Waals surface area contributed by atoms with E-state index < -0.39 is 17.5 Å². The van der Waals surface area contributed by atoms with Crippen molar-refractivity contribution in [2.45, 2.75) is 70.1 Å². The Morgan fingerprint density at radius 2 is 1.20 bits per heavy atom. The molecule has 0 saturated heterocycles. The third kappa shape index (κ3) is 5.28. The molecular formula is C27H29F3. The van der Waals surface area contributed by atoms with Crippen molar-refractivity contribution in [3.63, 3.8) is 0 Å². The molecule has 0 spiro atoms. The van der Waals surface area contributed by atoms with Crippen molar-refractivity contribution in [3.8, 4) is 11.8 Å². The number of rotatable bonds is 4. The van der Waals surface area contributed by atoms with E-state index >= 15 is 0 Å². The third-order valence-electron chi connectivity index (χ3n) is 7.02. The summed E-state index contributed by atoms with van der Waals surface area (Å²) in [6, 6.07) is 10.0. The van der Waals surface area contributed by atoms with Crippen LogP contribution in [0.2, 0.25) is 0 Å². The average molecular weight is 411 g/mol. The summed E-state index contributed by atoms with van der Waals surface area (Å²) in [7, 11) is 0. The Hall–Kier alpha value is -2.21. The highest BCUT2D eigenvalue weighted by atomic mass is 19.2. The second-order valence-electron chi connectivity index (χ2n) is 9.07. The highest BCUT2D eigenvalue weighted by molar-refractivity contribution is 5.44. The molecule has 2 saturated carbocycles. The standard InChI is InChI=1S/C27H29F3/c28-25-17-22(18-26(29)27(25)30)8-7-21-11-15-24(16-12-21)23-13-9-20(10-14-23)6-5-19-3-1-2-4-19/h11-12,15-20,23H,1-6,9-10,13-14H2. The zero-order chi connectivity index (χ0) is 20.9. The summed E-state index contributed by atoms with van der Waals surface area (Å²) in [5.41, 5.74) is 2.27. The van der Waals surface area contributed by atoms with Gasteiger partial charge in [-0.2, -0.15) is 0 Å². The Kier molecular flexibility index (Phi) is 6.82. The van der Waals surface area contributed by atoms with Crippen LogP contribution in [0.4, 0.5) is 13.2 Å². The van der Waals surface area contributed by atoms with Crippen LogP contribution in [-0.2, 0) is 0 Å². The predicted molar refractivity (Wildman–Crippen MR) is 115 cm³/mol. The van der Waals surface area contributed by atoms with Gasteiger partial charge in [0, 0.05) is 11.1 Å². The minimum absolute atomic E-state index is 0.131. The maximum Gasteiger partial charge on any atom is 0.194 e. The Balaban J connectivity index is 1.30. The van der Waals surface area contributed by atoms with Gasteiger partial charge >= 0.3 is 0 Å². The molecular weight excluding hydrogens is 381 g/mol. The fourth-order valence-electron chi connectivity index (χ4n) is 5.17. The van der Waals surface area contributed by atoms with E-state index in [-0.39, 0.29) is 5.56 Å². The van der Waals surface area contributed by atoms with E-state index in [1.807, 2.05) is 12.1 Å². The third-order valence-corrected chi connectivity index (χ3v) is 7.02. The zero-order valence-corrected chi connectivity index (χ0v) is 17.4. The summed E-state index contributed by atoms with van der Waals surface area (Å²) >= 11 is 0. The summed E-state index contributed by atoms with van der Waals surface area (Å²) in [5, 5.41) is 0. The maximum absolute atomic E-state index is 13.3. The molecule has 0 unspecified atom stereocenters. The van der Waals surface area contributed by atoms with Crippen LogP contribution in [0.3, 0.4) is 0 Å². The van der Waals surface area contributed by atoms with E-state index in [4.69, 9.17) is 0 Å². The molecule has 0 N–H and O–H groups in total. The fourth-order valence-corrected chi connectivity index (χ4v) is 5.17. The number of hydrogen-bond acceptors (Lipinski definition) is 0. The smallest absolute Gasteiger partial charge is 0.194 e. The maximum atomic E-state index is 13.3. The van der Waals surface area contributed by atoms with E-state index in [2.05, 4.69) is 24.0 Å². The lowest BCUT2D eigenvalue weighted by molar-refractivity contribution is 0.287. The van der Waals surface area contributed by atoms with Crippen molar-refractivity contribution >= 4 is 0 Å². The Labute approximate surface area is 177 Å². The molecule has 0 aromatic heterocycles. The van der Waals surface area contributed by atoms with Gasteiger partial charge in [-0.15, -0.1) is 0 Å². The number of halogens is 3. The monoisotopic (exact) mass is 410 g/mol. The minimum Gasteiger partial charge on any atom is -0.204 e. The van der Waals surface area contributed by atoms with Crippen molar-refractivity contribution in [2.75, 3.05) is 0 Å². The SMILES string of the molecule is Fc1cc(C#Cc2ccc(C3CCC(CCC4CCCC4)CC3)cc2)cc(F)c1F. The normalized spacial score (nSPS) is 22.0. The van der Waals surface area contributed by atoms with Gasteiger partial charge in [0.05, 0.1) is 0 Å². The Morgan fingerprint density at radius 3 is 1.80 bits per heavy atom.